The van der Waals surface area contributed by atoms with Gasteiger partial charge in [-0.2, -0.15) is 5.10 Å². The molecule has 1 saturated carbocycles. The van der Waals surface area contributed by atoms with Crippen molar-refractivity contribution in [3.63, 3.8) is 0 Å². The second kappa shape index (κ2) is 6.08. The number of aryl methyl sites for hydroxylation is 1. The Morgan fingerprint density at radius 1 is 1.33 bits per heavy atom. The molecule has 116 valence electrons. The van der Waals surface area contributed by atoms with Crippen LogP contribution in [0.5, 0.6) is 0 Å². The second-order valence-electron chi connectivity index (χ2n) is 6.15. The van der Waals surface area contributed by atoms with Crippen molar-refractivity contribution < 1.29 is 9.53 Å². The van der Waals surface area contributed by atoms with E-state index in [0.29, 0.717) is 24.1 Å². The fraction of sp³-hybridized carbons (Fsp3) is 0.750. The Hall–Kier alpha value is -1.52. The van der Waals surface area contributed by atoms with Gasteiger partial charge in [-0.3, -0.25) is 0 Å². The molecule has 5 nitrogen and oxygen atoms in total. The molecule has 0 saturated heterocycles. The first-order valence-corrected chi connectivity index (χ1v) is 8.22. The minimum atomic E-state index is -0.256. The lowest BCUT2D eigenvalue weighted by Crippen LogP contribution is -2.30. The first kappa shape index (κ1) is 14.4. The number of aromatic nitrogens is 2. The molecule has 1 aliphatic carbocycles. The molecule has 1 aromatic rings. The lowest BCUT2D eigenvalue weighted by molar-refractivity contribution is 0.0526. The third-order valence-corrected chi connectivity index (χ3v) is 4.81. The van der Waals surface area contributed by atoms with E-state index in [1.165, 1.54) is 32.1 Å². The van der Waals surface area contributed by atoms with Gasteiger partial charge in [-0.1, -0.05) is 19.3 Å². The summed E-state index contributed by atoms with van der Waals surface area (Å²) >= 11 is 0. The van der Waals surface area contributed by atoms with Crippen LogP contribution in [0.4, 0.5) is 5.82 Å². The predicted octanol–water partition coefficient (Wildman–Crippen LogP) is 3.31. The Bertz CT molecular complexity index is 518. The number of rotatable bonds is 3. The Labute approximate surface area is 126 Å². The minimum Gasteiger partial charge on any atom is -0.462 e. The number of nitrogens with zero attached hydrogens (tertiary/aromatic N) is 2. The molecule has 1 aromatic heterocycles. The molecule has 0 radical (unpaired) electrons. The minimum absolute atomic E-state index is 0.256. The van der Waals surface area contributed by atoms with Crippen molar-refractivity contribution >= 4 is 11.8 Å². The van der Waals surface area contributed by atoms with Crippen LogP contribution >= 0.6 is 0 Å². The van der Waals surface area contributed by atoms with Gasteiger partial charge in [0.15, 0.2) is 0 Å². The van der Waals surface area contributed by atoms with Crippen molar-refractivity contribution in [2.24, 2.45) is 5.92 Å². The summed E-state index contributed by atoms with van der Waals surface area (Å²) in [4.78, 5) is 12.2. The molecule has 0 aromatic carbocycles. The zero-order valence-electron chi connectivity index (χ0n) is 13.0. The fourth-order valence-electron chi connectivity index (χ4n) is 3.82. The van der Waals surface area contributed by atoms with Gasteiger partial charge >= 0.3 is 5.97 Å². The van der Waals surface area contributed by atoms with Crippen molar-refractivity contribution in [2.75, 3.05) is 18.5 Å². The zero-order valence-corrected chi connectivity index (χ0v) is 13.0. The molecule has 0 spiro atoms. The molecule has 1 aliphatic heterocycles. The number of esters is 1. The third-order valence-electron chi connectivity index (χ3n) is 4.81. The number of hydrogen-bond donors (Lipinski definition) is 1. The SMILES string of the molecule is CCOC(=O)c1c(C)nn2c1NCCC2C1CCCCC1. The molecule has 3 rings (SSSR count). The molecule has 1 atom stereocenters. The summed E-state index contributed by atoms with van der Waals surface area (Å²) in [5.41, 5.74) is 1.40. The van der Waals surface area contributed by atoms with Crippen LogP contribution in [0.15, 0.2) is 0 Å². The Balaban J connectivity index is 1.91. The molecule has 21 heavy (non-hydrogen) atoms. The van der Waals surface area contributed by atoms with E-state index in [4.69, 9.17) is 4.74 Å². The van der Waals surface area contributed by atoms with Gasteiger partial charge in [0.25, 0.3) is 0 Å². The van der Waals surface area contributed by atoms with Crippen LogP contribution in [0.25, 0.3) is 0 Å². The predicted molar refractivity (Wildman–Crippen MR) is 81.6 cm³/mol. The van der Waals surface area contributed by atoms with Crippen molar-refractivity contribution in [2.45, 2.75) is 58.4 Å². The van der Waals surface area contributed by atoms with Crippen LogP contribution in [0, 0.1) is 12.8 Å². The summed E-state index contributed by atoms with van der Waals surface area (Å²) in [5.74, 6) is 1.31. The van der Waals surface area contributed by atoms with E-state index in [2.05, 4.69) is 15.1 Å². The van der Waals surface area contributed by atoms with Crippen LogP contribution in [-0.2, 0) is 4.74 Å². The van der Waals surface area contributed by atoms with Crippen LogP contribution in [0.1, 0.15) is 67.5 Å². The van der Waals surface area contributed by atoms with Crippen LogP contribution < -0.4 is 5.32 Å². The Morgan fingerprint density at radius 3 is 2.81 bits per heavy atom. The fourth-order valence-corrected chi connectivity index (χ4v) is 3.82. The maximum atomic E-state index is 12.2. The highest BCUT2D eigenvalue weighted by atomic mass is 16.5. The van der Waals surface area contributed by atoms with Gasteiger partial charge in [-0.05, 0) is 39.0 Å². The van der Waals surface area contributed by atoms with Gasteiger partial charge in [0.05, 0.1) is 18.3 Å². The maximum absolute atomic E-state index is 12.2. The van der Waals surface area contributed by atoms with E-state index in [9.17, 15) is 4.79 Å². The van der Waals surface area contributed by atoms with Gasteiger partial charge in [0.1, 0.15) is 11.4 Å². The van der Waals surface area contributed by atoms with E-state index in [0.717, 1.165) is 24.5 Å². The maximum Gasteiger partial charge on any atom is 0.343 e. The van der Waals surface area contributed by atoms with Gasteiger partial charge < -0.3 is 10.1 Å². The molecular formula is C16H25N3O2. The molecule has 1 fully saturated rings. The molecule has 2 heterocycles. The molecule has 1 unspecified atom stereocenters. The second-order valence-corrected chi connectivity index (χ2v) is 6.15. The number of carbonyl (C=O) groups is 1. The smallest absolute Gasteiger partial charge is 0.343 e. The van der Waals surface area contributed by atoms with Crippen LogP contribution in [0.2, 0.25) is 0 Å². The Morgan fingerprint density at radius 2 is 2.10 bits per heavy atom. The highest BCUT2D eigenvalue weighted by Gasteiger charge is 2.33. The molecule has 0 bridgehead atoms. The lowest BCUT2D eigenvalue weighted by atomic mass is 9.82. The molecule has 5 heteroatoms. The van der Waals surface area contributed by atoms with E-state index < -0.39 is 0 Å². The number of ether oxygens (including phenoxy) is 1. The van der Waals surface area contributed by atoms with Gasteiger partial charge in [0.2, 0.25) is 0 Å². The monoisotopic (exact) mass is 291 g/mol. The van der Waals surface area contributed by atoms with Crippen molar-refractivity contribution in [3.05, 3.63) is 11.3 Å². The standard InChI is InChI=1S/C16H25N3O2/c1-3-21-16(20)14-11(2)18-19-13(9-10-17-15(14)19)12-7-5-4-6-8-12/h12-13,17H,3-10H2,1-2H3. The largest absolute Gasteiger partial charge is 0.462 e. The summed E-state index contributed by atoms with van der Waals surface area (Å²) in [7, 11) is 0. The van der Waals surface area contributed by atoms with Crippen LogP contribution in [0.3, 0.4) is 0 Å². The van der Waals surface area contributed by atoms with E-state index in [-0.39, 0.29) is 5.97 Å². The number of fused-ring (bicyclic) bond motifs is 1. The molecular weight excluding hydrogens is 266 g/mol. The number of anilines is 1. The number of carbonyl (C=O) groups excluding carboxylic acids is 1. The van der Waals surface area contributed by atoms with E-state index in [1.54, 1.807) is 0 Å². The molecule has 1 N–H and O–H groups in total. The summed E-state index contributed by atoms with van der Waals surface area (Å²) < 4.78 is 7.25. The quantitative estimate of drug-likeness (QED) is 0.868. The van der Waals surface area contributed by atoms with Gasteiger partial charge in [-0.25, -0.2) is 9.48 Å². The van der Waals surface area contributed by atoms with Crippen molar-refractivity contribution in [3.8, 4) is 0 Å². The highest BCUT2D eigenvalue weighted by molar-refractivity contribution is 5.96. The summed E-state index contributed by atoms with van der Waals surface area (Å²) in [6.45, 7) is 5.05. The first-order valence-electron chi connectivity index (χ1n) is 8.22. The van der Waals surface area contributed by atoms with Crippen molar-refractivity contribution in [1.29, 1.82) is 0 Å². The van der Waals surface area contributed by atoms with E-state index in [1.807, 2.05) is 13.8 Å². The van der Waals surface area contributed by atoms with Crippen LogP contribution in [-0.4, -0.2) is 28.9 Å². The average Bonchev–Trinajstić information content (AvgIpc) is 2.84. The number of hydrogen-bond acceptors (Lipinski definition) is 4. The summed E-state index contributed by atoms with van der Waals surface area (Å²) in [6.07, 6.45) is 7.70. The average molecular weight is 291 g/mol. The topological polar surface area (TPSA) is 56.1 Å². The van der Waals surface area contributed by atoms with Gasteiger partial charge in [0, 0.05) is 6.54 Å². The number of nitrogens with one attached hydrogen (secondary N) is 1. The molecule has 0 amide bonds. The van der Waals surface area contributed by atoms with E-state index >= 15 is 0 Å². The lowest BCUT2D eigenvalue weighted by Gasteiger charge is -2.34. The normalized spacial score (nSPS) is 22.5. The highest BCUT2D eigenvalue weighted by Crippen LogP contribution is 2.39. The first-order chi connectivity index (χ1) is 10.2. The molecule has 2 aliphatic rings. The Kier molecular flexibility index (Phi) is 4.17. The summed E-state index contributed by atoms with van der Waals surface area (Å²) in [5, 5.41) is 8.02. The van der Waals surface area contributed by atoms with Gasteiger partial charge in [-0.15, -0.1) is 0 Å². The van der Waals surface area contributed by atoms with Crippen molar-refractivity contribution in [1.82, 2.24) is 9.78 Å². The third kappa shape index (κ3) is 2.65. The summed E-state index contributed by atoms with van der Waals surface area (Å²) in [6, 6.07) is 0.434. The zero-order chi connectivity index (χ0) is 14.8.